The van der Waals surface area contributed by atoms with Gasteiger partial charge in [0.25, 0.3) is 0 Å². The van der Waals surface area contributed by atoms with E-state index in [1.165, 1.54) is 25.7 Å². The largest absolute Gasteiger partial charge is 0.513 e. The fourth-order valence-corrected chi connectivity index (χ4v) is 9.28. The molecule has 0 aromatic heterocycles. The summed E-state index contributed by atoms with van der Waals surface area (Å²) in [5.41, 5.74) is 0.523. The van der Waals surface area contributed by atoms with Gasteiger partial charge >= 0.3 is 6.09 Å². The van der Waals surface area contributed by atoms with Crippen LogP contribution in [0, 0.1) is 46.3 Å². The van der Waals surface area contributed by atoms with Crippen molar-refractivity contribution in [1.29, 1.82) is 0 Å². The summed E-state index contributed by atoms with van der Waals surface area (Å²) in [6.45, 7) is 14.9. The van der Waals surface area contributed by atoms with Gasteiger partial charge in [0.2, 0.25) is 0 Å². The molecule has 5 heteroatoms. The van der Waals surface area contributed by atoms with Gasteiger partial charge in [-0.25, -0.2) is 4.79 Å². The highest BCUT2D eigenvalue weighted by Gasteiger charge is 2.63. The molecule has 0 aromatic rings. The molecule has 4 fully saturated rings. The molecule has 34 heavy (non-hydrogen) atoms. The summed E-state index contributed by atoms with van der Waals surface area (Å²) < 4.78 is 5.78. The number of fused-ring (bicyclic) bond motifs is 5. The number of allylic oxidation sites excluding steroid dienone is 1. The van der Waals surface area contributed by atoms with Gasteiger partial charge in [0.05, 0.1) is 11.9 Å². The van der Waals surface area contributed by atoms with Crippen molar-refractivity contribution in [3.05, 3.63) is 12.3 Å². The van der Waals surface area contributed by atoms with Gasteiger partial charge < -0.3 is 20.3 Å². The molecular weight excluding hydrogens is 426 g/mol. The normalized spacial score (nSPS) is 44.5. The zero-order chi connectivity index (χ0) is 24.8. The number of ether oxygens (including phenoxy) is 1. The summed E-state index contributed by atoms with van der Waals surface area (Å²) in [6.07, 6.45) is 9.80. The minimum atomic E-state index is -0.304. The topological polar surface area (TPSA) is 78.8 Å². The lowest BCUT2D eigenvalue weighted by atomic mass is 9.43. The first kappa shape index (κ1) is 25.9. The third kappa shape index (κ3) is 4.63. The van der Waals surface area contributed by atoms with Crippen molar-refractivity contribution >= 4 is 6.09 Å². The minimum absolute atomic E-state index is 0.0348. The maximum atomic E-state index is 12.2. The van der Waals surface area contributed by atoms with Gasteiger partial charge in [0.1, 0.15) is 6.10 Å². The Morgan fingerprint density at radius 2 is 1.74 bits per heavy atom. The molecule has 0 saturated heterocycles. The zero-order valence-corrected chi connectivity index (χ0v) is 22.2. The predicted octanol–water partition coefficient (Wildman–Crippen LogP) is 6.61. The van der Waals surface area contributed by atoms with Crippen molar-refractivity contribution in [2.75, 3.05) is 0 Å². The number of carbonyl (C=O) groups excluding carboxylic acids is 1. The number of carbonyl (C=O) groups is 1. The van der Waals surface area contributed by atoms with Crippen LogP contribution in [-0.2, 0) is 4.74 Å². The van der Waals surface area contributed by atoms with Crippen molar-refractivity contribution in [2.24, 2.45) is 46.3 Å². The minimum Gasteiger partial charge on any atom is -0.513 e. The number of hydrogen-bond acceptors (Lipinski definition) is 4. The van der Waals surface area contributed by atoms with Gasteiger partial charge in [-0.05, 0) is 118 Å². The molecule has 5 nitrogen and oxygen atoms in total. The maximum Gasteiger partial charge on any atom is 0.407 e. The highest BCUT2D eigenvalue weighted by molar-refractivity contribution is 5.67. The van der Waals surface area contributed by atoms with E-state index >= 15 is 0 Å². The Labute approximate surface area is 207 Å². The Balaban J connectivity index is 1.46. The van der Waals surface area contributed by atoms with E-state index < -0.39 is 0 Å². The number of hydrogen-bond donors (Lipinski definition) is 3. The molecule has 3 N–H and O–H groups in total. The zero-order valence-electron chi connectivity index (χ0n) is 22.2. The molecule has 4 aliphatic rings. The monoisotopic (exact) mass is 475 g/mol. The van der Waals surface area contributed by atoms with Crippen molar-refractivity contribution in [1.82, 2.24) is 5.32 Å². The lowest BCUT2D eigenvalue weighted by Crippen LogP contribution is -2.59. The fourth-order valence-electron chi connectivity index (χ4n) is 9.28. The highest BCUT2D eigenvalue weighted by atomic mass is 16.6. The van der Waals surface area contributed by atoms with Gasteiger partial charge in [0, 0.05) is 12.5 Å². The van der Waals surface area contributed by atoms with Gasteiger partial charge in [-0.3, -0.25) is 0 Å². The third-order valence-corrected chi connectivity index (χ3v) is 11.0. The van der Waals surface area contributed by atoms with Crippen molar-refractivity contribution in [2.45, 2.75) is 117 Å². The summed E-state index contributed by atoms with van der Waals surface area (Å²) in [5.74, 6) is 3.52. The van der Waals surface area contributed by atoms with Gasteiger partial charge in [-0.2, -0.15) is 0 Å². The Morgan fingerprint density at radius 1 is 1.06 bits per heavy atom. The molecule has 4 saturated carbocycles. The second-order valence-electron chi connectivity index (χ2n) is 13.2. The average Bonchev–Trinajstić information content (AvgIpc) is 3.09. The third-order valence-electron chi connectivity index (χ3n) is 11.0. The summed E-state index contributed by atoms with van der Waals surface area (Å²) >= 11 is 0. The van der Waals surface area contributed by atoms with Crippen LogP contribution >= 0.6 is 0 Å². The first-order chi connectivity index (χ1) is 16.0. The molecule has 0 unspecified atom stereocenters. The summed E-state index contributed by atoms with van der Waals surface area (Å²) in [5, 5.41) is 24.0. The first-order valence-electron chi connectivity index (χ1n) is 14.0. The molecule has 0 heterocycles. The lowest BCUT2D eigenvalue weighted by molar-refractivity contribution is -0.174. The molecule has 10 atom stereocenters. The van der Waals surface area contributed by atoms with E-state index in [4.69, 9.17) is 4.74 Å². The van der Waals surface area contributed by atoms with E-state index in [1.54, 1.807) is 0 Å². The Hall–Kier alpha value is -1.23. The smallest absolute Gasteiger partial charge is 0.407 e. The van der Waals surface area contributed by atoms with Crippen molar-refractivity contribution in [3.8, 4) is 0 Å². The molecule has 0 aliphatic heterocycles. The van der Waals surface area contributed by atoms with Crippen LogP contribution in [0.4, 0.5) is 4.79 Å². The second-order valence-corrected chi connectivity index (χ2v) is 13.2. The quantitative estimate of drug-likeness (QED) is 0.378. The molecule has 1 amide bonds. The summed E-state index contributed by atoms with van der Waals surface area (Å²) in [4.78, 5) is 12.2. The van der Waals surface area contributed by atoms with Crippen LogP contribution in [0.2, 0.25) is 0 Å². The summed E-state index contributed by atoms with van der Waals surface area (Å²) in [7, 11) is 0. The van der Waals surface area contributed by atoms with E-state index in [2.05, 4.69) is 32.7 Å². The maximum absolute atomic E-state index is 12.2. The van der Waals surface area contributed by atoms with Crippen LogP contribution in [-0.4, -0.2) is 34.6 Å². The predicted molar refractivity (Wildman–Crippen MR) is 135 cm³/mol. The molecule has 0 radical (unpaired) electrons. The Morgan fingerprint density at radius 3 is 2.41 bits per heavy atom. The SMILES string of the molecule is C=C(O)CC[C@@H](C)[C@H]1CC[C@H]2[C@@H]3[C@@H](O)C[C@@H]4C[C@H](OC(=O)NC(C)C)CC[C@]4(C)[C@H]3CC[C@]12C. The summed E-state index contributed by atoms with van der Waals surface area (Å²) in [6, 6.07) is 0.0792. The average molecular weight is 476 g/mol. The van der Waals surface area contributed by atoms with Crippen molar-refractivity contribution in [3.63, 3.8) is 0 Å². The Kier molecular flexibility index (Phi) is 7.35. The van der Waals surface area contributed by atoms with Crippen LogP contribution < -0.4 is 5.32 Å². The van der Waals surface area contributed by atoms with Crippen LogP contribution in [0.5, 0.6) is 0 Å². The van der Waals surface area contributed by atoms with Gasteiger partial charge in [-0.15, -0.1) is 0 Å². The van der Waals surface area contributed by atoms with E-state index in [9.17, 15) is 15.0 Å². The molecule has 194 valence electrons. The van der Waals surface area contributed by atoms with Crippen LogP contribution in [0.25, 0.3) is 0 Å². The van der Waals surface area contributed by atoms with Crippen molar-refractivity contribution < 1.29 is 19.7 Å². The number of rotatable bonds is 6. The number of amides is 1. The van der Waals surface area contributed by atoms with Crippen LogP contribution in [0.1, 0.15) is 98.8 Å². The van der Waals surface area contributed by atoms with Crippen LogP contribution in [0.15, 0.2) is 12.3 Å². The molecular formula is C29H49NO4. The molecule has 0 bridgehead atoms. The second kappa shape index (κ2) is 9.67. The number of aliphatic hydroxyl groups excluding tert-OH is 2. The van der Waals surface area contributed by atoms with Crippen LogP contribution in [0.3, 0.4) is 0 Å². The molecule has 4 aliphatic carbocycles. The number of alkyl carbamates (subject to hydrolysis) is 1. The van der Waals surface area contributed by atoms with Gasteiger partial charge in [0.15, 0.2) is 0 Å². The first-order valence-corrected chi connectivity index (χ1v) is 14.0. The molecule has 0 aromatic carbocycles. The molecule has 0 spiro atoms. The van der Waals surface area contributed by atoms with E-state index in [0.29, 0.717) is 47.7 Å². The van der Waals surface area contributed by atoms with E-state index in [0.717, 1.165) is 32.1 Å². The van der Waals surface area contributed by atoms with E-state index in [1.807, 2.05) is 13.8 Å². The molecule has 4 rings (SSSR count). The fraction of sp³-hybridized carbons (Fsp3) is 0.897. The Bertz CT molecular complexity index is 767. The van der Waals surface area contributed by atoms with E-state index in [-0.39, 0.29) is 35.2 Å². The number of aliphatic hydroxyl groups is 2. The lowest BCUT2D eigenvalue weighted by Gasteiger charge is -2.62. The number of nitrogens with one attached hydrogen (secondary N) is 1. The standard InChI is InChI=1S/C29H49NO4/c1-17(2)30-27(33)34-21-11-13-28(5)20(15-21)16-25(32)26-23-10-9-22(18(3)7-8-19(4)31)29(23,6)14-12-24(26)28/h17-18,20-26,31-32H,4,7-16H2,1-3,5-6H3,(H,30,33)/t18-,20+,21-,22-,23+,24+,25+,26+,28+,29-/m1/s1. The van der Waals surface area contributed by atoms with Gasteiger partial charge in [-0.1, -0.05) is 27.4 Å². The highest BCUT2D eigenvalue weighted by Crippen LogP contribution is 2.68.